The zero-order chi connectivity index (χ0) is 23.3. The van der Waals surface area contributed by atoms with Crippen molar-refractivity contribution >= 4 is 38.4 Å². The maximum Gasteiger partial charge on any atom is 0.310 e. The molecule has 1 aliphatic heterocycles. The van der Waals surface area contributed by atoms with Crippen LogP contribution < -0.4 is 9.64 Å². The monoisotopic (exact) mass is 481 g/mol. The van der Waals surface area contributed by atoms with Crippen LogP contribution in [0.4, 0.5) is 5.13 Å². The average molecular weight is 482 g/mol. The summed E-state index contributed by atoms with van der Waals surface area (Å²) in [5.74, 6) is -0.530. The Balaban J connectivity index is 1.60. The number of amides is 1. The van der Waals surface area contributed by atoms with Crippen LogP contribution in [-0.4, -0.2) is 56.3 Å². The van der Waals surface area contributed by atoms with Crippen LogP contribution >= 0.6 is 11.3 Å². The molecule has 1 saturated heterocycles. The molecule has 1 unspecified atom stereocenters. The molecule has 1 aromatic carbocycles. The van der Waals surface area contributed by atoms with Gasteiger partial charge in [0.25, 0.3) is 0 Å². The Morgan fingerprint density at radius 2 is 2.00 bits per heavy atom. The first kappa shape index (κ1) is 24.1. The van der Waals surface area contributed by atoms with Crippen molar-refractivity contribution in [3.63, 3.8) is 0 Å². The van der Waals surface area contributed by atoms with E-state index in [1.807, 2.05) is 6.92 Å². The van der Waals surface area contributed by atoms with Crippen molar-refractivity contribution in [2.45, 2.75) is 38.2 Å². The Morgan fingerprint density at radius 3 is 2.62 bits per heavy atom. The van der Waals surface area contributed by atoms with Crippen molar-refractivity contribution in [3.05, 3.63) is 35.3 Å². The Hall–Kier alpha value is -2.50. The van der Waals surface area contributed by atoms with Crippen molar-refractivity contribution in [1.82, 2.24) is 9.29 Å². The number of thiazole rings is 1. The number of carbonyl (C=O) groups excluding carboxylic acids is 2. The fraction of sp³-hybridized carbons (Fsp3) is 0.476. The van der Waals surface area contributed by atoms with Gasteiger partial charge in [-0.25, -0.2) is 13.4 Å². The van der Waals surface area contributed by atoms with E-state index in [4.69, 9.17) is 9.47 Å². The SMILES string of the molecule is CCN(C(C)=O)c1nc(COC(=O)C2CCCN(S(=O)(=O)c3ccc(OC)cc3)C2)cs1. The number of ether oxygens (including phenoxy) is 2. The molecule has 0 saturated carbocycles. The average Bonchev–Trinajstić information content (AvgIpc) is 3.26. The molecule has 0 bridgehead atoms. The highest BCUT2D eigenvalue weighted by atomic mass is 32.2. The van der Waals surface area contributed by atoms with Gasteiger partial charge in [0.05, 0.1) is 23.6 Å². The van der Waals surface area contributed by atoms with Gasteiger partial charge in [-0.3, -0.25) is 14.5 Å². The lowest BCUT2D eigenvalue weighted by atomic mass is 10.00. The molecule has 0 aliphatic carbocycles. The number of methoxy groups -OCH3 is 1. The molecule has 11 heteroatoms. The molecule has 1 aromatic heterocycles. The number of anilines is 1. The van der Waals surface area contributed by atoms with E-state index in [2.05, 4.69) is 4.98 Å². The minimum Gasteiger partial charge on any atom is -0.497 e. The van der Waals surface area contributed by atoms with Crippen molar-refractivity contribution < 1.29 is 27.5 Å². The number of hydrogen-bond acceptors (Lipinski definition) is 8. The van der Waals surface area contributed by atoms with Gasteiger partial charge in [-0.05, 0) is 44.0 Å². The quantitative estimate of drug-likeness (QED) is 0.534. The number of sulfonamides is 1. The van der Waals surface area contributed by atoms with E-state index < -0.39 is 21.9 Å². The number of nitrogens with zero attached hydrogens (tertiary/aromatic N) is 3. The fourth-order valence-corrected chi connectivity index (χ4v) is 5.93. The van der Waals surface area contributed by atoms with Gasteiger partial charge in [0.15, 0.2) is 5.13 Å². The molecule has 0 spiro atoms. The molecule has 1 atom stereocenters. The number of benzene rings is 1. The first-order valence-electron chi connectivity index (χ1n) is 10.3. The third-order valence-corrected chi connectivity index (χ3v) is 8.04. The first-order chi connectivity index (χ1) is 15.3. The highest BCUT2D eigenvalue weighted by Crippen LogP contribution is 2.26. The summed E-state index contributed by atoms with van der Waals surface area (Å²) in [7, 11) is -2.20. The lowest BCUT2D eigenvalue weighted by Gasteiger charge is -2.30. The summed E-state index contributed by atoms with van der Waals surface area (Å²) >= 11 is 1.31. The van der Waals surface area contributed by atoms with Crippen LogP contribution in [0.5, 0.6) is 5.75 Å². The van der Waals surface area contributed by atoms with Crippen molar-refractivity contribution in [2.24, 2.45) is 5.92 Å². The predicted octanol–water partition coefficient (Wildman–Crippen LogP) is 2.67. The molecule has 2 aromatic rings. The summed E-state index contributed by atoms with van der Waals surface area (Å²) in [6, 6.07) is 6.18. The summed E-state index contributed by atoms with van der Waals surface area (Å²) < 4.78 is 37.8. The number of carbonyl (C=O) groups is 2. The van der Waals surface area contributed by atoms with Crippen LogP contribution in [0.25, 0.3) is 0 Å². The molecule has 0 radical (unpaired) electrons. The van der Waals surface area contributed by atoms with E-state index in [1.165, 1.54) is 41.8 Å². The second kappa shape index (κ2) is 10.4. The van der Waals surface area contributed by atoms with Gasteiger partial charge in [0.2, 0.25) is 15.9 Å². The van der Waals surface area contributed by atoms with E-state index >= 15 is 0 Å². The Bertz CT molecular complexity index is 1050. The molecule has 2 heterocycles. The van der Waals surface area contributed by atoms with Crippen LogP contribution in [0.1, 0.15) is 32.4 Å². The van der Waals surface area contributed by atoms with E-state index in [1.54, 1.807) is 22.4 Å². The topological polar surface area (TPSA) is 106 Å². The lowest BCUT2D eigenvalue weighted by Crippen LogP contribution is -2.42. The summed E-state index contributed by atoms with van der Waals surface area (Å²) in [5, 5.41) is 2.30. The standard InChI is InChI=1S/C21H27N3O6S2/c1-4-24(15(2)25)21-22-17(14-31-21)13-30-20(26)16-6-5-11-23(12-16)32(27,28)19-9-7-18(29-3)8-10-19/h7-10,14,16H,4-6,11-13H2,1-3H3. The molecule has 1 fully saturated rings. The van der Waals surface area contributed by atoms with Gasteiger partial charge >= 0.3 is 5.97 Å². The maximum atomic E-state index is 13.0. The third-order valence-electron chi connectivity index (χ3n) is 5.24. The van der Waals surface area contributed by atoms with Gasteiger partial charge < -0.3 is 9.47 Å². The molecule has 9 nitrogen and oxygen atoms in total. The largest absolute Gasteiger partial charge is 0.497 e. The van der Waals surface area contributed by atoms with Gasteiger partial charge in [0, 0.05) is 31.9 Å². The Morgan fingerprint density at radius 1 is 1.28 bits per heavy atom. The Labute approximate surface area is 192 Å². The van der Waals surface area contributed by atoms with Crippen molar-refractivity contribution in [1.29, 1.82) is 0 Å². The van der Waals surface area contributed by atoms with Crippen molar-refractivity contribution in [2.75, 3.05) is 31.6 Å². The minimum absolute atomic E-state index is 0.0213. The highest BCUT2D eigenvalue weighted by Gasteiger charge is 2.34. The molecule has 0 N–H and O–H groups in total. The lowest BCUT2D eigenvalue weighted by molar-refractivity contribution is -0.151. The minimum atomic E-state index is -3.72. The highest BCUT2D eigenvalue weighted by molar-refractivity contribution is 7.89. The van der Waals surface area contributed by atoms with Crippen LogP contribution in [0.3, 0.4) is 0 Å². The van der Waals surface area contributed by atoms with Gasteiger partial charge in [0.1, 0.15) is 12.4 Å². The summed E-state index contributed by atoms with van der Waals surface area (Å²) in [4.78, 5) is 30.3. The second-order valence-corrected chi connectivity index (χ2v) is 10.1. The van der Waals surface area contributed by atoms with E-state index in [-0.39, 0.29) is 24.0 Å². The number of esters is 1. The number of hydrogen-bond donors (Lipinski definition) is 0. The molecular formula is C21H27N3O6S2. The summed E-state index contributed by atoms with van der Waals surface area (Å²) in [6.07, 6.45) is 1.13. The number of piperidine rings is 1. The van der Waals surface area contributed by atoms with E-state index in [0.717, 1.165) is 0 Å². The molecule has 1 aliphatic rings. The summed E-state index contributed by atoms with van der Waals surface area (Å²) in [6.45, 7) is 4.24. The molecule has 174 valence electrons. The van der Waals surface area contributed by atoms with E-state index in [0.29, 0.717) is 42.5 Å². The number of rotatable bonds is 8. The zero-order valence-electron chi connectivity index (χ0n) is 18.3. The summed E-state index contributed by atoms with van der Waals surface area (Å²) in [5.41, 5.74) is 0.552. The van der Waals surface area contributed by atoms with Gasteiger partial charge in [-0.2, -0.15) is 4.31 Å². The maximum absolute atomic E-state index is 13.0. The van der Waals surface area contributed by atoms with Gasteiger partial charge in [-0.15, -0.1) is 11.3 Å². The molecule has 1 amide bonds. The van der Waals surface area contributed by atoms with Gasteiger partial charge in [-0.1, -0.05) is 0 Å². The smallest absolute Gasteiger partial charge is 0.310 e. The fourth-order valence-electron chi connectivity index (χ4n) is 3.49. The van der Waals surface area contributed by atoms with Crippen LogP contribution in [0.15, 0.2) is 34.5 Å². The van der Waals surface area contributed by atoms with Crippen LogP contribution in [0.2, 0.25) is 0 Å². The van der Waals surface area contributed by atoms with E-state index in [9.17, 15) is 18.0 Å². The Kier molecular flexibility index (Phi) is 7.86. The normalized spacial score (nSPS) is 17.0. The van der Waals surface area contributed by atoms with Crippen LogP contribution in [-0.2, 0) is 31.0 Å². The number of aromatic nitrogens is 1. The van der Waals surface area contributed by atoms with Crippen molar-refractivity contribution in [3.8, 4) is 5.75 Å². The second-order valence-electron chi connectivity index (χ2n) is 7.37. The third kappa shape index (κ3) is 5.45. The molecule has 32 heavy (non-hydrogen) atoms. The molecular weight excluding hydrogens is 454 g/mol. The first-order valence-corrected chi connectivity index (χ1v) is 12.6. The molecule has 3 rings (SSSR count). The van der Waals surface area contributed by atoms with Crippen LogP contribution in [0, 0.1) is 5.92 Å². The predicted molar refractivity (Wildman–Crippen MR) is 120 cm³/mol. The zero-order valence-corrected chi connectivity index (χ0v) is 19.9.